The number of fused-ring (bicyclic) bond motifs is 2. The van der Waals surface area contributed by atoms with Gasteiger partial charge in [0.2, 0.25) is 5.91 Å². The van der Waals surface area contributed by atoms with Crippen molar-refractivity contribution in [3.8, 4) is 22.9 Å². The lowest BCUT2D eigenvalue weighted by molar-refractivity contribution is -0.127. The van der Waals surface area contributed by atoms with E-state index in [1.807, 2.05) is 0 Å². The van der Waals surface area contributed by atoms with Gasteiger partial charge in [0.25, 0.3) is 0 Å². The third-order valence-corrected chi connectivity index (χ3v) is 10.0. The summed E-state index contributed by atoms with van der Waals surface area (Å²) in [5.74, 6) is 2.44. The van der Waals surface area contributed by atoms with Gasteiger partial charge in [-0.05, 0) is 73.8 Å². The Bertz CT molecular complexity index is 1610. The molecule has 3 bridgehead atoms. The van der Waals surface area contributed by atoms with Crippen LogP contribution >= 0.6 is 0 Å². The van der Waals surface area contributed by atoms with Crippen LogP contribution in [0.25, 0.3) is 22.9 Å². The molecule has 4 fully saturated rings. The van der Waals surface area contributed by atoms with E-state index >= 15 is 0 Å². The summed E-state index contributed by atoms with van der Waals surface area (Å²) in [6.07, 6.45) is 9.93. The smallest absolute Gasteiger partial charge is 0.230 e. The van der Waals surface area contributed by atoms with Crippen LogP contribution in [0.4, 0.5) is 15.9 Å². The van der Waals surface area contributed by atoms with E-state index in [2.05, 4.69) is 25.5 Å². The van der Waals surface area contributed by atoms with E-state index in [4.69, 9.17) is 10.3 Å². The number of nitrogens with one attached hydrogen (secondary N) is 1. The Hall–Kier alpha value is -4.08. The van der Waals surface area contributed by atoms with Gasteiger partial charge in [-0.3, -0.25) is 9.48 Å². The SMILES string of the molecule is Nc1nc(-c2cc(-c3ccon3)n(Cc3ccccc3F)n2)ncc1NC(=O)C12CC3CC4CC(C1)C4(C3)C2. The Morgan fingerprint density at radius 3 is 2.87 bits per heavy atom. The molecule has 9 nitrogen and oxygen atoms in total. The maximum absolute atomic E-state index is 14.4. The number of nitrogen functional groups attached to an aromatic ring is 1. The van der Waals surface area contributed by atoms with Crippen molar-refractivity contribution in [1.82, 2.24) is 24.9 Å². The van der Waals surface area contributed by atoms with Crippen LogP contribution in [0.3, 0.4) is 0 Å². The molecule has 5 unspecified atom stereocenters. The number of nitrogens with two attached hydrogens (primary N) is 1. The lowest BCUT2D eigenvalue weighted by atomic mass is 9.55. The van der Waals surface area contributed by atoms with E-state index in [0.717, 1.165) is 25.2 Å². The maximum Gasteiger partial charge on any atom is 0.230 e. The van der Waals surface area contributed by atoms with Crippen LogP contribution in [0, 0.1) is 34.4 Å². The van der Waals surface area contributed by atoms with Gasteiger partial charge in [0.15, 0.2) is 11.6 Å². The zero-order chi connectivity index (χ0) is 26.4. The number of halogens is 1. The number of nitrogens with zero attached hydrogens (tertiary/aromatic N) is 5. The van der Waals surface area contributed by atoms with E-state index in [1.165, 1.54) is 31.6 Å². The summed E-state index contributed by atoms with van der Waals surface area (Å²) in [7, 11) is 0. The van der Waals surface area contributed by atoms with Gasteiger partial charge >= 0.3 is 0 Å². The van der Waals surface area contributed by atoms with Gasteiger partial charge in [-0.25, -0.2) is 14.4 Å². The van der Waals surface area contributed by atoms with Crippen LogP contribution in [-0.2, 0) is 11.3 Å². The second-order valence-electron chi connectivity index (χ2n) is 12.0. The summed E-state index contributed by atoms with van der Waals surface area (Å²) in [5, 5.41) is 11.8. The van der Waals surface area contributed by atoms with Gasteiger partial charge in [0, 0.05) is 11.6 Å². The van der Waals surface area contributed by atoms with Gasteiger partial charge in [0.1, 0.15) is 29.2 Å². The van der Waals surface area contributed by atoms with Gasteiger partial charge in [0.05, 0.1) is 23.9 Å². The fourth-order valence-electron chi connectivity index (χ4n) is 8.48. The summed E-state index contributed by atoms with van der Waals surface area (Å²) in [4.78, 5) is 22.6. The van der Waals surface area contributed by atoms with Crippen molar-refractivity contribution in [2.24, 2.45) is 28.6 Å². The van der Waals surface area contributed by atoms with Crippen LogP contribution < -0.4 is 11.1 Å². The summed E-state index contributed by atoms with van der Waals surface area (Å²) in [5.41, 5.74) is 9.01. The second kappa shape index (κ2) is 7.97. The fraction of sp³-hybridized carbons (Fsp3) is 0.414. The molecule has 1 aromatic carbocycles. The number of hydrogen-bond donors (Lipinski definition) is 2. The number of benzene rings is 1. The fourth-order valence-corrected chi connectivity index (χ4v) is 8.48. The van der Waals surface area contributed by atoms with Crippen LogP contribution in [-0.4, -0.2) is 30.8 Å². The number of carbonyl (C=O) groups excluding carboxylic acids is 1. The molecule has 4 aromatic rings. The topological polar surface area (TPSA) is 125 Å². The molecule has 0 radical (unpaired) electrons. The number of carbonyl (C=O) groups is 1. The monoisotopic (exact) mass is 525 g/mol. The van der Waals surface area contributed by atoms with Crippen molar-refractivity contribution in [3.63, 3.8) is 0 Å². The molecule has 4 saturated carbocycles. The van der Waals surface area contributed by atoms with Crippen LogP contribution in [0.15, 0.2) is 53.4 Å². The van der Waals surface area contributed by atoms with E-state index in [1.54, 1.807) is 41.2 Å². The highest BCUT2D eigenvalue weighted by Gasteiger charge is 2.72. The first kappa shape index (κ1) is 22.9. The molecule has 8 rings (SSSR count). The number of aromatic nitrogens is 5. The standard InChI is InChI=1S/C29H28FN7O2/c30-20-4-2-1-3-17(20)14-37-24(21-5-6-39-36-21)9-22(35-37)26-32-13-23(25(31)34-26)33-27(38)28-10-16-7-18-8-19(12-28)29(18,11-16)15-28/h1-6,9,13,16,18-19H,7-8,10-12,14-15H2,(H,33,38)(H2,31,32,34). The molecule has 4 aliphatic rings. The number of rotatable bonds is 6. The molecule has 3 N–H and O–H groups in total. The number of anilines is 2. The van der Waals surface area contributed by atoms with E-state index in [0.29, 0.717) is 51.4 Å². The molecule has 198 valence electrons. The highest BCUT2D eigenvalue weighted by molar-refractivity contribution is 5.97. The Morgan fingerprint density at radius 2 is 2.05 bits per heavy atom. The van der Waals surface area contributed by atoms with Crippen LogP contribution in [0.1, 0.15) is 44.1 Å². The lowest BCUT2D eigenvalue weighted by Gasteiger charge is -2.49. The number of hydrogen-bond acceptors (Lipinski definition) is 7. The van der Waals surface area contributed by atoms with Gasteiger partial charge in [-0.2, -0.15) is 5.10 Å². The molecule has 1 amide bonds. The zero-order valence-electron chi connectivity index (χ0n) is 21.3. The van der Waals surface area contributed by atoms with Crippen LogP contribution in [0.2, 0.25) is 0 Å². The predicted octanol–water partition coefficient (Wildman–Crippen LogP) is 4.92. The van der Waals surface area contributed by atoms with Crippen molar-refractivity contribution >= 4 is 17.4 Å². The van der Waals surface area contributed by atoms with Crippen molar-refractivity contribution < 1.29 is 13.7 Å². The molecule has 0 aliphatic heterocycles. The van der Waals surface area contributed by atoms with Crippen molar-refractivity contribution in [2.75, 3.05) is 11.1 Å². The number of amides is 1. The van der Waals surface area contributed by atoms with Gasteiger partial charge < -0.3 is 15.6 Å². The molecule has 3 aromatic heterocycles. The van der Waals surface area contributed by atoms with Crippen molar-refractivity contribution in [1.29, 1.82) is 0 Å². The Morgan fingerprint density at radius 1 is 1.15 bits per heavy atom. The minimum absolute atomic E-state index is 0.0622. The molecule has 4 aliphatic carbocycles. The quantitative estimate of drug-likeness (QED) is 0.366. The minimum Gasteiger partial charge on any atom is -0.382 e. The Kier molecular flexibility index (Phi) is 4.67. The predicted molar refractivity (Wildman–Crippen MR) is 140 cm³/mol. The first-order valence-corrected chi connectivity index (χ1v) is 13.6. The molecule has 1 spiro atoms. The third-order valence-electron chi connectivity index (χ3n) is 10.0. The molecule has 39 heavy (non-hydrogen) atoms. The van der Waals surface area contributed by atoms with Crippen molar-refractivity contribution in [3.05, 3.63) is 60.2 Å². The van der Waals surface area contributed by atoms with Gasteiger partial charge in [-0.15, -0.1) is 0 Å². The van der Waals surface area contributed by atoms with E-state index in [9.17, 15) is 9.18 Å². The average molecular weight is 526 g/mol. The summed E-state index contributed by atoms with van der Waals surface area (Å²) in [6, 6.07) is 10.0. The normalized spacial score (nSPS) is 29.8. The average Bonchev–Trinajstić information content (AvgIpc) is 3.66. The summed E-state index contributed by atoms with van der Waals surface area (Å²) >= 11 is 0. The van der Waals surface area contributed by atoms with Crippen molar-refractivity contribution in [2.45, 2.75) is 45.1 Å². The first-order valence-electron chi connectivity index (χ1n) is 13.6. The zero-order valence-corrected chi connectivity index (χ0v) is 21.3. The van der Waals surface area contributed by atoms with E-state index in [-0.39, 0.29) is 29.5 Å². The Balaban J connectivity index is 1.07. The largest absolute Gasteiger partial charge is 0.382 e. The molecule has 10 heteroatoms. The molecule has 5 atom stereocenters. The molecular weight excluding hydrogens is 497 g/mol. The summed E-state index contributed by atoms with van der Waals surface area (Å²) < 4.78 is 21.1. The first-order chi connectivity index (χ1) is 18.9. The Labute approximate surface area is 224 Å². The third kappa shape index (κ3) is 3.33. The van der Waals surface area contributed by atoms with Gasteiger partial charge in [-0.1, -0.05) is 23.4 Å². The highest BCUT2D eigenvalue weighted by Crippen LogP contribution is 2.78. The van der Waals surface area contributed by atoms with Crippen LogP contribution in [0.5, 0.6) is 0 Å². The molecule has 0 saturated heterocycles. The minimum atomic E-state index is -0.322. The lowest BCUT2D eigenvalue weighted by Crippen LogP contribution is -2.43. The molecule has 3 heterocycles. The highest BCUT2D eigenvalue weighted by atomic mass is 19.1. The van der Waals surface area contributed by atoms with E-state index < -0.39 is 0 Å². The molecular formula is C29H28FN7O2. The summed E-state index contributed by atoms with van der Waals surface area (Å²) in [6.45, 7) is 0.185. The second-order valence-corrected chi connectivity index (χ2v) is 12.0. The maximum atomic E-state index is 14.4.